The monoisotopic (exact) mass is 155 g/mol. The maximum atomic E-state index is 9.54. The largest absolute Gasteiger partial charge is 0.389 e. The molecule has 2 atom stereocenters. The van der Waals surface area contributed by atoms with Crippen LogP contribution >= 0.6 is 0 Å². The van der Waals surface area contributed by atoms with Gasteiger partial charge in [0, 0.05) is 13.1 Å². The van der Waals surface area contributed by atoms with Gasteiger partial charge in [0.1, 0.15) is 0 Å². The Morgan fingerprint density at radius 3 is 2.91 bits per heavy atom. The summed E-state index contributed by atoms with van der Waals surface area (Å²) in [6.45, 7) is 6.12. The molecule has 11 heavy (non-hydrogen) atoms. The van der Waals surface area contributed by atoms with Gasteiger partial charge in [-0.3, -0.25) is 0 Å². The molecule has 0 aromatic rings. The number of rotatable bonds is 0. The first-order valence-corrected chi connectivity index (χ1v) is 4.13. The lowest BCUT2D eigenvalue weighted by molar-refractivity contribution is 0.144. The van der Waals surface area contributed by atoms with E-state index in [0.717, 1.165) is 13.1 Å². The van der Waals surface area contributed by atoms with Crippen molar-refractivity contribution < 1.29 is 5.11 Å². The molecule has 0 bridgehead atoms. The minimum absolute atomic E-state index is 0.250. The van der Waals surface area contributed by atoms with Crippen molar-refractivity contribution in [2.45, 2.75) is 20.0 Å². The van der Waals surface area contributed by atoms with E-state index < -0.39 is 0 Å². The van der Waals surface area contributed by atoms with Crippen molar-refractivity contribution in [2.75, 3.05) is 20.1 Å². The summed E-state index contributed by atoms with van der Waals surface area (Å²) in [4.78, 5) is 2.24. The molecule has 1 aliphatic heterocycles. The van der Waals surface area contributed by atoms with E-state index in [0.29, 0.717) is 5.92 Å². The highest BCUT2D eigenvalue weighted by Gasteiger charge is 2.17. The molecule has 0 aromatic heterocycles. The minimum atomic E-state index is -0.250. The number of likely N-dealkylation sites (N-methyl/N-ethyl adjacent to an activating group) is 1. The highest BCUT2D eigenvalue weighted by atomic mass is 16.3. The first kappa shape index (κ1) is 8.75. The van der Waals surface area contributed by atoms with Gasteiger partial charge in [-0.25, -0.2) is 0 Å². The summed E-state index contributed by atoms with van der Waals surface area (Å²) >= 11 is 0. The van der Waals surface area contributed by atoms with Gasteiger partial charge in [-0.05, 0) is 19.9 Å². The summed E-state index contributed by atoms with van der Waals surface area (Å²) < 4.78 is 0. The molecule has 0 aromatic carbocycles. The Labute approximate surface area is 68.5 Å². The fraction of sp³-hybridized carbons (Fsp3) is 0.778. The molecule has 1 N–H and O–H groups in total. The van der Waals surface area contributed by atoms with E-state index in [1.807, 2.05) is 6.08 Å². The highest BCUT2D eigenvalue weighted by Crippen LogP contribution is 2.13. The van der Waals surface area contributed by atoms with Crippen LogP contribution < -0.4 is 0 Å². The average molecular weight is 155 g/mol. The van der Waals surface area contributed by atoms with E-state index in [2.05, 4.69) is 25.8 Å². The van der Waals surface area contributed by atoms with Gasteiger partial charge in [-0.15, -0.1) is 0 Å². The summed E-state index contributed by atoms with van der Waals surface area (Å²) in [5.74, 6) is 0.359. The molecule has 0 aliphatic carbocycles. The highest BCUT2D eigenvalue weighted by molar-refractivity contribution is 5.07. The van der Waals surface area contributed by atoms with Crippen LogP contribution in [0.25, 0.3) is 0 Å². The molecule has 64 valence electrons. The molecule has 1 rings (SSSR count). The zero-order valence-corrected chi connectivity index (χ0v) is 7.54. The number of hydrogen-bond acceptors (Lipinski definition) is 2. The zero-order valence-electron chi connectivity index (χ0n) is 7.54. The molecule has 0 spiro atoms. The van der Waals surface area contributed by atoms with Crippen LogP contribution in [0.1, 0.15) is 13.8 Å². The van der Waals surface area contributed by atoms with Crippen LogP contribution in [0.15, 0.2) is 11.6 Å². The Morgan fingerprint density at radius 1 is 1.64 bits per heavy atom. The third-order valence-electron chi connectivity index (χ3n) is 2.16. The second kappa shape index (κ2) is 3.37. The Kier molecular flexibility index (Phi) is 2.68. The van der Waals surface area contributed by atoms with Gasteiger partial charge in [-0.1, -0.05) is 18.6 Å². The third kappa shape index (κ3) is 2.31. The maximum Gasteiger partial charge on any atom is 0.0761 e. The van der Waals surface area contributed by atoms with Crippen molar-refractivity contribution in [1.29, 1.82) is 0 Å². The summed E-state index contributed by atoms with van der Waals surface area (Å²) in [5.41, 5.74) is 1.27. The Morgan fingerprint density at radius 2 is 2.27 bits per heavy atom. The van der Waals surface area contributed by atoms with Crippen LogP contribution in [0.2, 0.25) is 0 Å². The minimum Gasteiger partial charge on any atom is -0.389 e. The second-order valence-corrected chi connectivity index (χ2v) is 3.68. The van der Waals surface area contributed by atoms with Crippen molar-refractivity contribution >= 4 is 0 Å². The molecule has 0 saturated carbocycles. The molecule has 0 radical (unpaired) electrons. The molecule has 0 amide bonds. The number of aliphatic hydroxyl groups is 1. The van der Waals surface area contributed by atoms with E-state index in [1.165, 1.54) is 5.57 Å². The zero-order chi connectivity index (χ0) is 8.43. The van der Waals surface area contributed by atoms with E-state index in [9.17, 15) is 5.11 Å². The Balaban J connectivity index is 2.67. The van der Waals surface area contributed by atoms with Crippen LogP contribution in [0, 0.1) is 5.92 Å². The summed E-state index contributed by atoms with van der Waals surface area (Å²) in [6.07, 6.45) is 1.72. The van der Waals surface area contributed by atoms with Gasteiger partial charge in [0.2, 0.25) is 0 Å². The molecule has 2 heteroatoms. The second-order valence-electron chi connectivity index (χ2n) is 3.68. The van der Waals surface area contributed by atoms with Crippen LogP contribution in [0.3, 0.4) is 0 Å². The smallest absolute Gasteiger partial charge is 0.0761 e. The van der Waals surface area contributed by atoms with Crippen LogP contribution in [0.4, 0.5) is 0 Å². The van der Waals surface area contributed by atoms with Crippen molar-refractivity contribution in [1.82, 2.24) is 4.90 Å². The lowest BCUT2D eigenvalue weighted by atomic mass is 10.0. The van der Waals surface area contributed by atoms with Crippen LogP contribution in [-0.4, -0.2) is 36.2 Å². The van der Waals surface area contributed by atoms with Gasteiger partial charge < -0.3 is 10.0 Å². The molecular weight excluding hydrogens is 138 g/mol. The topological polar surface area (TPSA) is 23.5 Å². The Bertz CT molecular complexity index is 165. The van der Waals surface area contributed by atoms with Crippen LogP contribution in [-0.2, 0) is 0 Å². The maximum absolute atomic E-state index is 9.54. The molecule has 2 unspecified atom stereocenters. The van der Waals surface area contributed by atoms with E-state index in [4.69, 9.17) is 0 Å². The summed E-state index contributed by atoms with van der Waals surface area (Å²) in [6, 6.07) is 0. The van der Waals surface area contributed by atoms with Crippen LogP contribution in [0.5, 0.6) is 0 Å². The first-order valence-electron chi connectivity index (χ1n) is 4.13. The first-order chi connectivity index (χ1) is 5.09. The van der Waals surface area contributed by atoms with Crippen molar-refractivity contribution in [3.63, 3.8) is 0 Å². The van der Waals surface area contributed by atoms with E-state index in [1.54, 1.807) is 0 Å². The molecule has 0 saturated heterocycles. The van der Waals surface area contributed by atoms with Gasteiger partial charge in [-0.2, -0.15) is 0 Å². The predicted octanol–water partition coefficient (Wildman–Crippen LogP) is 0.875. The molecule has 2 nitrogen and oxygen atoms in total. The van der Waals surface area contributed by atoms with Gasteiger partial charge >= 0.3 is 0 Å². The molecular formula is C9H17NO. The number of aliphatic hydroxyl groups excluding tert-OH is 1. The van der Waals surface area contributed by atoms with Gasteiger partial charge in [0.05, 0.1) is 6.10 Å². The predicted molar refractivity (Wildman–Crippen MR) is 46.4 cm³/mol. The lowest BCUT2D eigenvalue weighted by Gasteiger charge is -2.18. The lowest BCUT2D eigenvalue weighted by Crippen LogP contribution is -2.27. The number of nitrogens with zero attached hydrogens (tertiary/aromatic N) is 1. The number of hydrogen-bond donors (Lipinski definition) is 1. The normalized spacial score (nSPS) is 34.7. The fourth-order valence-electron chi connectivity index (χ4n) is 1.60. The van der Waals surface area contributed by atoms with E-state index in [-0.39, 0.29) is 6.10 Å². The van der Waals surface area contributed by atoms with Crippen molar-refractivity contribution in [3.8, 4) is 0 Å². The summed E-state index contributed by atoms with van der Waals surface area (Å²) in [7, 11) is 2.09. The fourth-order valence-corrected chi connectivity index (χ4v) is 1.60. The van der Waals surface area contributed by atoms with Gasteiger partial charge in [0.25, 0.3) is 0 Å². The quantitative estimate of drug-likeness (QED) is 0.525. The third-order valence-corrected chi connectivity index (χ3v) is 2.16. The van der Waals surface area contributed by atoms with E-state index >= 15 is 0 Å². The van der Waals surface area contributed by atoms with Gasteiger partial charge in [0.15, 0.2) is 0 Å². The molecule has 0 fully saturated rings. The molecule has 1 aliphatic rings. The average Bonchev–Trinajstić information content (AvgIpc) is 1.93. The summed E-state index contributed by atoms with van der Waals surface area (Å²) in [5, 5.41) is 9.54. The van der Waals surface area contributed by atoms with Crippen molar-refractivity contribution in [3.05, 3.63) is 11.6 Å². The molecule has 1 heterocycles. The standard InChI is InChI=1S/C9H17NO/c1-7-4-9(11)8(2)6-10(3)5-7/h4,8-9,11H,5-6H2,1-3H3. The van der Waals surface area contributed by atoms with Crippen molar-refractivity contribution in [2.24, 2.45) is 5.92 Å². The SMILES string of the molecule is CC1=CC(O)C(C)CN(C)C1. The Hall–Kier alpha value is -0.340.